The van der Waals surface area contributed by atoms with Crippen LogP contribution in [0.5, 0.6) is 11.5 Å². The van der Waals surface area contributed by atoms with E-state index in [-0.39, 0.29) is 12.5 Å². The summed E-state index contributed by atoms with van der Waals surface area (Å²) < 4.78 is 15.8. The average Bonchev–Trinajstić information content (AvgIpc) is 3.22. The molecule has 146 valence electrons. The number of rotatable bonds is 9. The number of nitrogens with zero attached hydrogens (tertiary/aromatic N) is 1. The van der Waals surface area contributed by atoms with Gasteiger partial charge in [0.25, 0.3) is 0 Å². The Morgan fingerprint density at radius 1 is 1.15 bits per heavy atom. The third-order valence-electron chi connectivity index (χ3n) is 3.70. The molecule has 0 saturated carbocycles. The van der Waals surface area contributed by atoms with Crippen LogP contribution in [0.1, 0.15) is 18.2 Å². The Balaban J connectivity index is 1.90. The summed E-state index contributed by atoms with van der Waals surface area (Å²) in [5.74, 6) is 2.51. The number of guanidine groups is 1. The molecule has 1 amide bonds. The van der Waals surface area contributed by atoms with Crippen molar-refractivity contribution in [3.05, 3.63) is 47.9 Å². The van der Waals surface area contributed by atoms with Crippen LogP contribution in [0.15, 0.2) is 46.0 Å². The van der Waals surface area contributed by atoms with Gasteiger partial charge in [0.1, 0.15) is 17.3 Å². The zero-order valence-corrected chi connectivity index (χ0v) is 15.9. The van der Waals surface area contributed by atoms with Crippen LogP contribution in [0.3, 0.4) is 0 Å². The standard InChI is InChI=1S/C19H26N4O4/c1-4-20-19(23-13-18(24)21-12-16-6-5-9-27-16)22-11-14-7-8-15(25-2)10-17(14)26-3/h5-10H,4,11-13H2,1-3H3,(H,21,24)(H2,20,22,23). The van der Waals surface area contributed by atoms with Gasteiger partial charge in [-0.05, 0) is 31.2 Å². The number of benzene rings is 1. The molecule has 0 fully saturated rings. The fourth-order valence-corrected chi connectivity index (χ4v) is 2.31. The molecular formula is C19H26N4O4. The molecule has 8 nitrogen and oxygen atoms in total. The van der Waals surface area contributed by atoms with Crippen LogP contribution in [0, 0.1) is 0 Å². The molecule has 0 aliphatic rings. The highest BCUT2D eigenvalue weighted by Gasteiger charge is 2.07. The van der Waals surface area contributed by atoms with Gasteiger partial charge in [0, 0.05) is 18.2 Å². The van der Waals surface area contributed by atoms with Crippen LogP contribution in [0.25, 0.3) is 0 Å². The minimum atomic E-state index is -0.154. The first-order chi connectivity index (χ1) is 13.2. The summed E-state index contributed by atoms with van der Waals surface area (Å²) in [6, 6.07) is 9.16. The highest BCUT2D eigenvalue weighted by atomic mass is 16.5. The second kappa shape index (κ2) is 10.7. The summed E-state index contributed by atoms with van der Waals surface area (Å²) in [6.45, 7) is 3.49. The molecule has 0 radical (unpaired) electrons. The third-order valence-corrected chi connectivity index (χ3v) is 3.70. The van der Waals surface area contributed by atoms with E-state index in [0.29, 0.717) is 37.1 Å². The lowest BCUT2D eigenvalue weighted by Gasteiger charge is -2.12. The van der Waals surface area contributed by atoms with Gasteiger partial charge in [0.05, 0.1) is 40.1 Å². The number of furan rings is 1. The molecule has 0 aliphatic carbocycles. The van der Waals surface area contributed by atoms with Gasteiger partial charge in [-0.3, -0.25) is 4.79 Å². The van der Waals surface area contributed by atoms with Crippen LogP contribution in [0.2, 0.25) is 0 Å². The van der Waals surface area contributed by atoms with Crippen molar-refractivity contribution < 1.29 is 18.7 Å². The van der Waals surface area contributed by atoms with Gasteiger partial charge in [0.2, 0.25) is 5.91 Å². The normalized spacial score (nSPS) is 11.0. The molecule has 0 saturated heterocycles. The molecule has 8 heteroatoms. The average molecular weight is 374 g/mol. The van der Waals surface area contributed by atoms with E-state index < -0.39 is 0 Å². The molecule has 0 aliphatic heterocycles. The lowest BCUT2D eigenvalue weighted by atomic mass is 10.2. The highest BCUT2D eigenvalue weighted by Crippen LogP contribution is 2.25. The number of methoxy groups -OCH3 is 2. The summed E-state index contributed by atoms with van der Waals surface area (Å²) in [4.78, 5) is 16.5. The molecule has 0 unspecified atom stereocenters. The Kier molecular flexibility index (Phi) is 8.02. The van der Waals surface area contributed by atoms with Gasteiger partial charge in [-0.15, -0.1) is 0 Å². The lowest BCUT2D eigenvalue weighted by molar-refractivity contribution is -0.120. The molecule has 0 bridgehead atoms. The Labute approximate surface area is 159 Å². The molecule has 1 heterocycles. The fraction of sp³-hybridized carbons (Fsp3) is 0.368. The van der Waals surface area contributed by atoms with Crippen LogP contribution in [0.4, 0.5) is 0 Å². The first kappa shape index (κ1) is 20.2. The maximum atomic E-state index is 12.0. The first-order valence-corrected chi connectivity index (χ1v) is 8.68. The van der Waals surface area contributed by atoms with Crippen LogP contribution >= 0.6 is 0 Å². The quantitative estimate of drug-likeness (QED) is 0.456. The van der Waals surface area contributed by atoms with E-state index in [1.54, 1.807) is 26.5 Å². The third kappa shape index (κ3) is 6.58. The van der Waals surface area contributed by atoms with Crippen molar-refractivity contribution in [3.63, 3.8) is 0 Å². The molecule has 27 heavy (non-hydrogen) atoms. The van der Waals surface area contributed by atoms with Gasteiger partial charge in [-0.1, -0.05) is 0 Å². The molecular weight excluding hydrogens is 348 g/mol. The number of carbonyl (C=O) groups excluding carboxylic acids is 1. The zero-order chi connectivity index (χ0) is 19.5. The fourth-order valence-electron chi connectivity index (χ4n) is 2.31. The van der Waals surface area contributed by atoms with E-state index in [0.717, 1.165) is 11.3 Å². The van der Waals surface area contributed by atoms with E-state index >= 15 is 0 Å². The van der Waals surface area contributed by atoms with Gasteiger partial charge < -0.3 is 29.8 Å². The van der Waals surface area contributed by atoms with Crippen molar-refractivity contribution in [3.8, 4) is 11.5 Å². The Morgan fingerprint density at radius 3 is 2.67 bits per heavy atom. The molecule has 2 aromatic rings. The van der Waals surface area contributed by atoms with Crippen molar-refractivity contribution in [1.82, 2.24) is 16.0 Å². The Bertz CT molecular complexity index is 744. The van der Waals surface area contributed by atoms with Crippen LogP contribution < -0.4 is 25.4 Å². The monoisotopic (exact) mass is 374 g/mol. The topological polar surface area (TPSA) is 97.1 Å². The highest BCUT2D eigenvalue weighted by molar-refractivity contribution is 5.86. The van der Waals surface area contributed by atoms with Crippen molar-refractivity contribution in [2.75, 3.05) is 27.3 Å². The van der Waals surface area contributed by atoms with Crippen LogP contribution in [-0.4, -0.2) is 39.2 Å². The van der Waals surface area contributed by atoms with Crippen molar-refractivity contribution >= 4 is 11.9 Å². The van der Waals surface area contributed by atoms with Gasteiger partial charge in [-0.2, -0.15) is 0 Å². The second-order valence-corrected chi connectivity index (χ2v) is 5.58. The largest absolute Gasteiger partial charge is 0.497 e. The number of hydrogen-bond donors (Lipinski definition) is 3. The summed E-state index contributed by atoms with van der Waals surface area (Å²) in [5.41, 5.74) is 0.915. The SMILES string of the molecule is CCNC(=NCc1ccc(OC)cc1OC)NCC(=O)NCc1ccco1. The second-order valence-electron chi connectivity index (χ2n) is 5.58. The van der Waals surface area contributed by atoms with Gasteiger partial charge in [-0.25, -0.2) is 4.99 Å². The smallest absolute Gasteiger partial charge is 0.239 e. The van der Waals surface area contributed by atoms with Crippen LogP contribution in [-0.2, 0) is 17.9 Å². The van der Waals surface area contributed by atoms with E-state index in [2.05, 4.69) is 20.9 Å². The predicted molar refractivity (Wildman–Crippen MR) is 103 cm³/mol. The number of amides is 1. The van der Waals surface area contributed by atoms with E-state index in [1.165, 1.54) is 0 Å². The summed E-state index contributed by atoms with van der Waals surface area (Å²) >= 11 is 0. The van der Waals surface area contributed by atoms with Gasteiger partial charge >= 0.3 is 0 Å². The van der Waals surface area contributed by atoms with Gasteiger partial charge in [0.15, 0.2) is 5.96 Å². The number of ether oxygens (including phenoxy) is 2. The summed E-state index contributed by atoms with van der Waals surface area (Å²) in [6.07, 6.45) is 1.57. The molecule has 0 spiro atoms. The van der Waals surface area contributed by atoms with E-state index in [4.69, 9.17) is 13.9 Å². The summed E-state index contributed by atoms with van der Waals surface area (Å²) in [5, 5.41) is 8.90. The Hall–Kier alpha value is -3.16. The van der Waals surface area contributed by atoms with E-state index in [9.17, 15) is 4.79 Å². The van der Waals surface area contributed by atoms with E-state index in [1.807, 2.05) is 31.2 Å². The summed E-state index contributed by atoms with van der Waals surface area (Å²) in [7, 11) is 3.21. The maximum Gasteiger partial charge on any atom is 0.239 e. The van der Waals surface area contributed by atoms with Crippen molar-refractivity contribution in [2.45, 2.75) is 20.0 Å². The predicted octanol–water partition coefficient (Wildman–Crippen LogP) is 1.67. The number of carbonyl (C=O) groups is 1. The minimum absolute atomic E-state index is 0.103. The van der Waals surface area contributed by atoms with Crippen molar-refractivity contribution in [1.29, 1.82) is 0 Å². The number of hydrogen-bond acceptors (Lipinski definition) is 5. The molecule has 1 aromatic carbocycles. The maximum absolute atomic E-state index is 12.0. The molecule has 3 N–H and O–H groups in total. The minimum Gasteiger partial charge on any atom is -0.497 e. The Morgan fingerprint density at radius 2 is 2.00 bits per heavy atom. The molecule has 0 atom stereocenters. The van der Waals surface area contributed by atoms with Crippen molar-refractivity contribution in [2.24, 2.45) is 4.99 Å². The number of nitrogens with one attached hydrogen (secondary N) is 3. The molecule has 2 rings (SSSR count). The first-order valence-electron chi connectivity index (χ1n) is 8.68. The number of aliphatic imine (C=N–C) groups is 1. The lowest BCUT2D eigenvalue weighted by Crippen LogP contribution is -2.43. The zero-order valence-electron chi connectivity index (χ0n) is 15.9. The molecule has 1 aromatic heterocycles.